The Balaban J connectivity index is 3.85. The van der Waals surface area contributed by atoms with Crippen LogP contribution in [-0.2, 0) is 20.7 Å². The van der Waals surface area contributed by atoms with Gasteiger partial charge in [-0.15, -0.1) is 0 Å². The number of carbonyl (C=O) groups is 2. The van der Waals surface area contributed by atoms with Crippen LogP contribution in [0.3, 0.4) is 0 Å². The van der Waals surface area contributed by atoms with Crippen molar-refractivity contribution < 1.29 is 23.5 Å². The molecule has 1 amide bonds. The van der Waals surface area contributed by atoms with Crippen LogP contribution in [0.4, 0.5) is 0 Å². The van der Waals surface area contributed by atoms with Gasteiger partial charge < -0.3 is 15.0 Å². The predicted molar refractivity (Wildman–Crippen MR) is 62.1 cm³/mol. The van der Waals surface area contributed by atoms with E-state index in [1.807, 2.05) is 0 Å². The van der Waals surface area contributed by atoms with Gasteiger partial charge in [0.15, 0.2) is 0 Å². The number of hydrogen-bond donors (Lipinski definition) is 2. The normalized spacial score (nSPS) is 13.1. The van der Waals surface area contributed by atoms with Gasteiger partial charge in [-0.2, -0.15) is 0 Å². The van der Waals surface area contributed by atoms with E-state index in [9.17, 15) is 18.4 Å². The molecule has 0 rings (SSSR count). The summed E-state index contributed by atoms with van der Waals surface area (Å²) in [4.78, 5) is 22.0. The van der Waals surface area contributed by atoms with Crippen molar-refractivity contribution in [2.45, 2.75) is 33.1 Å². The molecule has 0 saturated carbocycles. The minimum absolute atomic E-state index is 0.0127. The highest BCUT2D eigenvalue weighted by Crippen LogP contribution is 2.24. The minimum Gasteiger partial charge on any atom is -0.772 e. The number of carboxylic acid groups (broad SMARTS) is 1. The van der Waals surface area contributed by atoms with Crippen molar-refractivity contribution in [2.24, 2.45) is 5.41 Å². The first-order chi connectivity index (χ1) is 7.73. The molecule has 0 aliphatic rings. The summed E-state index contributed by atoms with van der Waals surface area (Å²) in [7, 11) is 0. The fourth-order valence-corrected chi connectivity index (χ4v) is 1.77. The molecular weight excluding hydrogens is 246 g/mol. The van der Waals surface area contributed by atoms with Crippen molar-refractivity contribution in [3.63, 3.8) is 0 Å². The molecule has 0 heterocycles. The number of amides is 1. The third-order valence-electron chi connectivity index (χ3n) is 2.08. The van der Waals surface area contributed by atoms with E-state index < -0.39 is 22.5 Å². The molecule has 0 fully saturated rings. The number of nitrogens with one attached hydrogen (secondary N) is 1. The second-order valence-corrected chi connectivity index (χ2v) is 5.64. The van der Waals surface area contributed by atoms with Crippen LogP contribution in [0, 0.1) is 5.41 Å². The highest BCUT2D eigenvalue weighted by atomic mass is 32.2. The van der Waals surface area contributed by atoms with E-state index in [4.69, 9.17) is 5.11 Å². The zero-order chi connectivity index (χ0) is 13.5. The topological polar surface area (TPSA) is 107 Å². The number of hydrogen-bond acceptors (Lipinski definition) is 4. The van der Waals surface area contributed by atoms with E-state index >= 15 is 0 Å². The van der Waals surface area contributed by atoms with Crippen molar-refractivity contribution in [1.82, 2.24) is 5.32 Å². The zero-order valence-corrected chi connectivity index (χ0v) is 10.8. The number of carboxylic acids is 1. The molecular formula is C10H18NO5S-. The molecule has 0 aromatic carbocycles. The van der Waals surface area contributed by atoms with Gasteiger partial charge in [-0.05, 0) is 11.8 Å². The van der Waals surface area contributed by atoms with Gasteiger partial charge in [0.1, 0.15) is 0 Å². The highest BCUT2D eigenvalue weighted by molar-refractivity contribution is 7.79. The third kappa shape index (κ3) is 9.95. The maximum atomic E-state index is 11.4. The molecule has 2 N–H and O–H groups in total. The summed E-state index contributed by atoms with van der Waals surface area (Å²) in [5.74, 6) is -1.18. The molecule has 6 nitrogen and oxygen atoms in total. The third-order valence-corrected chi connectivity index (χ3v) is 2.70. The summed E-state index contributed by atoms with van der Waals surface area (Å²) < 4.78 is 20.4. The second-order valence-electron chi connectivity index (χ2n) is 4.62. The lowest BCUT2D eigenvalue weighted by atomic mass is 9.85. The molecule has 0 bridgehead atoms. The molecule has 0 spiro atoms. The fourth-order valence-electron chi connectivity index (χ4n) is 1.39. The standard InChI is InChI=1S/C10H19NO5S/c1-10(2,7-9(13)14)6-8(12)11-4-3-5-17(15)16/h3-7H2,1-2H3,(H,11,12)(H,13,14)(H,15,16)/p-1. The summed E-state index contributed by atoms with van der Waals surface area (Å²) in [6, 6.07) is 0. The Morgan fingerprint density at radius 1 is 1.35 bits per heavy atom. The van der Waals surface area contributed by atoms with Crippen molar-refractivity contribution in [3.05, 3.63) is 0 Å². The molecule has 0 aromatic rings. The largest absolute Gasteiger partial charge is 0.772 e. The average Bonchev–Trinajstić information content (AvgIpc) is 2.08. The lowest BCUT2D eigenvalue weighted by Crippen LogP contribution is -2.31. The SMILES string of the molecule is CC(C)(CC(=O)O)CC(=O)NCCCS(=O)[O-]. The molecule has 7 heteroatoms. The van der Waals surface area contributed by atoms with Gasteiger partial charge in [0, 0.05) is 18.7 Å². The zero-order valence-electron chi connectivity index (χ0n) is 10.0. The first-order valence-corrected chi connectivity index (χ1v) is 6.52. The number of aliphatic carboxylic acids is 1. The van der Waals surface area contributed by atoms with Crippen LogP contribution in [0.2, 0.25) is 0 Å². The lowest BCUT2D eigenvalue weighted by molar-refractivity contribution is -0.139. The Morgan fingerprint density at radius 3 is 2.41 bits per heavy atom. The van der Waals surface area contributed by atoms with Gasteiger partial charge in [-0.25, -0.2) is 0 Å². The maximum absolute atomic E-state index is 11.4. The van der Waals surface area contributed by atoms with E-state index in [0.29, 0.717) is 6.42 Å². The number of rotatable bonds is 8. The van der Waals surface area contributed by atoms with Gasteiger partial charge in [0.2, 0.25) is 5.91 Å². The summed E-state index contributed by atoms with van der Waals surface area (Å²) >= 11 is -2.09. The quantitative estimate of drug-likeness (QED) is 0.483. The van der Waals surface area contributed by atoms with Crippen molar-refractivity contribution in [1.29, 1.82) is 0 Å². The smallest absolute Gasteiger partial charge is 0.303 e. The van der Waals surface area contributed by atoms with E-state index in [-0.39, 0.29) is 31.0 Å². The summed E-state index contributed by atoms with van der Waals surface area (Å²) in [6.45, 7) is 3.69. The van der Waals surface area contributed by atoms with Crippen molar-refractivity contribution in [2.75, 3.05) is 12.3 Å². The van der Waals surface area contributed by atoms with Gasteiger partial charge in [-0.3, -0.25) is 13.8 Å². The van der Waals surface area contributed by atoms with Crippen LogP contribution < -0.4 is 5.32 Å². The maximum Gasteiger partial charge on any atom is 0.303 e. The van der Waals surface area contributed by atoms with Crippen LogP contribution >= 0.6 is 0 Å². The average molecular weight is 264 g/mol. The summed E-state index contributed by atoms with van der Waals surface area (Å²) in [5.41, 5.74) is -0.600. The molecule has 0 saturated heterocycles. The van der Waals surface area contributed by atoms with E-state index in [1.165, 1.54) is 0 Å². The van der Waals surface area contributed by atoms with Crippen molar-refractivity contribution >= 4 is 23.0 Å². The predicted octanol–water partition coefficient (Wildman–Crippen LogP) is 0.263. The van der Waals surface area contributed by atoms with Crippen LogP contribution in [0.25, 0.3) is 0 Å². The molecule has 1 unspecified atom stereocenters. The minimum atomic E-state index is -2.09. The Morgan fingerprint density at radius 2 is 1.94 bits per heavy atom. The lowest BCUT2D eigenvalue weighted by Gasteiger charge is -2.21. The summed E-state index contributed by atoms with van der Waals surface area (Å²) in [5, 5.41) is 11.2. The second kappa shape index (κ2) is 7.39. The van der Waals surface area contributed by atoms with Gasteiger partial charge in [-0.1, -0.05) is 24.9 Å². The highest BCUT2D eigenvalue weighted by Gasteiger charge is 2.24. The van der Waals surface area contributed by atoms with E-state index in [0.717, 1.165) is 0 Å². The van der Waals surface area contributed by atoms with Crippen LogP contribution in [0.15, 0.2) is 0 Å². The van der Waals surface area contributed by atoms with Gasteiger partial charge in [0.25, 0.3) is 0 Å². The monoisotopic (exact) mass is 264 g/mol. The Bertz CT molecular complexity index is 303. The van der Waals surface area contributed by atoms with Crippen LogP contribution in [0.1, 0.15) is 33.1 Å². The van der Waals surface area contributed by atoms with Gasteiger partial charge in [0.05, 0.1) is 6.42 Å². The number of carbonyl (C=O) groups excluding carboxylic acids is 1. The van der Waals surface area contributed by atoms with E-state index in [1.54, 1.807) is 13.8 Å². The Hall–Kier alpha value is -0.950. The molecule has 0 aliphatic carbocycles. The molecule has 0 radical (unpaired) electrons. The molecule has 0 aliphatic heterocycles. The van der Waals surface area contributed by atoms with Gasteiger partial charge >= 0.3 is 5.97 Å². The Kier molecular flexibility index (Phi) is 6.98. The fraction of sp³-hybridized carbons (Fsp3) is 0.800. The summed E-state index contributed by atoms with van der Waals surface area (Å²) in [6.07, 6.45) is 0.395. The molecule has 17 heavy (non-hydrogen) atoms. The Labute approximate surface area is 103 Å². The van der Waals surface area contributed by atoms with Crippen molar-refractivity contribution in [3.8, 4) is 0 Å². The molecule has 0 aromatic heterocycles. The first kappa shape index (κ1) is 16.1. The van der Waals surface area contributed by atoms with Crippen LogP contribution in [-0.4, -0.2) is 38.0 Å². The van der Waals surface area contributed by atoms with Crippen LogP contribution in [0.5, 0.6) is 0 Å². The molecule has 1 atom stereocenters. The van der Waals surface area contributed by atoms with E-state index in [2.05, 4.69) is 5.32 Å². The first-order valence-electron chi connectivity index (χ1n) is 5.27. The molecule has 100 valence electrons.